The van der Waals surface area contributed by atoms with Gasteiger partial charge in [-0.25, -0.2) is 0 Å². The Labute approximate surface area is 93.3 Å². The molecule has 84 valence electrons. The summed E-state index contributed by atoms with van der Waals surface area (Å²) < 4.78 is 0. The number of pyridine rings is 1. The maximum Gasteiger partial charge on any atom is 0.268 e. The maximum atomic E-state index is 11.6. The van der Waals surface area contributed by atoms with Gasteiger partial charge in [-0.15, -0.1) is 0 Å². The van der Waals surface area contributed by atoms with Crippen molar-refractivity contribution >= 4 is 11.5 Å². The summed E-state index contributed by atoms with van der Waals surface area (Å²) in [6.07, 6.45) is 0. The molecule has 0 aromatic carbocycles. The van der Waals surface area contributed by atoms with Crippen LogP contribution in [0.15, 0.2) is 4.79 Å². The van der Waals surface area contributed by atoms with Crippen molar-refractivity contribution < 1.29 is 4.79 Å². The zero-order valence-corrected chi connectivity index (χ0v) is 9.71. The molecule has 1 rings (SSSR count). The van der Waals surface area contributed by atoms with Gasteiger partial charge in [-0.2, -0.15) is 5.26 Å². The van der Waals surface area contributed by atoms with Crippen LogP contribution in [0.1, 0.15) is 28.5 Å². The number of aromatic amines is 1. The van der Waals surface area contributed by atoms with Gasteiger partial charge >= 0.3 is 0 Å². The topological polar surface area (TPSA) is 77.0 Å². The van der Waals surface area contributed by atoms with Crippen LogP contribution in [0.3, 0.4) is 0 Å². The number of hydrogen-bond donors (Lipinski definition) is 1. The Balaban J connectivity index is 3.81. The van der Waals surface area contributed by atoms with Gasteiger partial charge in [-0.05, 0) is 13.8 Å². The highest BCUT2D eigenvalue weighted by molar-refractivity contribution is 6.01. The molecule has 0 saturated heterocycles. The average Bonchev–Trinajstić information content (AvgIpc) is 2.15. The zero-order chi connectivity index (χ0) is 12.5. The van der Waals surface area contributed by atoms with Gasteiger partial charge < -0.3 is 9.88 Å². The molecule has 0 saturated carbocycles. The fraction of sp³-hybridized carbons (Fsp3) is 0.364. The van der Waals surface area contributed by atoms with E-state index in [9.17, 15) is 9.59 Å². The van der Waals surface area contributed by atoms with Crippen LogP contribution in [0.2, 0.25) is 0 Å². The smallest absolute Gasteiger partial charge is 0.268 e. The molecule has 0 aliphatic carbocycles. The van der Waals surface area contributed by atoms with Gasteiger partial charge in [0.15, 0.2) is 5.78 Å². The van der Waals surface area contributed by atoms with Crippen LogP contribution in [0.25, 0.3) is 0 Å². The third-order valence-corrected chi connectivity index (χ3v) is 2.29. The molecule has 1 aromatic heterocycles. The summed E-state index contributed by atoms with van der Waals surface area (Å²) in [4.78, 5) is 27.2. The number of rotatable bonds is 2. The lowest BCUT2D eigenvalue weighted by molar-refractivity contribution is 0.101. The van der Waals surface area contributed by atoms with Crippen molar-refractivity contribution in [3.63, 3.8) is 0 Å². The number of aromatic nitrogens is 1. The van der Waals surface area contributed by atoms with E-state index >= 15 is 0 Å². The molecule has 1 heterocycles. The third-order valence-electron chi connectivity index (χ3n) is 2.29. The molecule has 5 heteroatoms. The van der Waals surface area contributed by atoms with Crippen LogP contribution in [0.4, 0.5) is 5.69 Å². The number of carbonyl (C=O) groups is 1. The Bertz CT molecular complexity index is 535. The quantitative estimate of drug-likeness (QED) is 0.747. The SMILES string of the molecule is CC(=O)c1c(C)[nH]c(=O)c(C#N)c1N(C)C. The average molecular weight is 219 g/mol. The number of nitriles is 1. The lowest BCUT2D eigenvalue weighted by Gasteiger charge is -2.18. The summed E-state index contributed by atoms with van der Waals surface area (Å²) >= 11 is 0. The Hall–Kier alpha value is -2.09. The van der Waals surface area contributed by atoms with Crippen molar-refractivity contribution in [2.45, 2.75) is 13.8 Å². The van der Waals surface area contributed by atoms with Crippen molar-refractivity contribution in [2.75, 3.05) is 19.0 Å². The van der Waals surface area contributed by atoms with E-state index < -0.39 is 5.56 Å². The van der Waals surface area contributed by atoms with Gasteiger partial charge in [0, 0.05) is 19.8 Å². The van der Waals surface area contributed by atoms with Crippen molar-refractivity contribution in [1.29, 1.82) is 5.26 Å². The first kappa shape index (κ1) is 12.0. The number of ketones is 1. The largest absolute Gasteiger partial charge is 0.376 e. The summed E-state index contributed by atoms with van der Waals surface area (Å²) in [5, 5.41) is 8.94. The van der Waals surface area contributed by atoms with E-state index in [0.29, 0.717) is 16.9 Å². The molecule has 0 aliphatic rings. The van der Waals surface area contributed by atoms with Crippen molar-refractivity contribution in [1.82, 2.24) is 4.98 Å². The Morgan fingerprint density at radius 2 is 2.00 bits per heavy atom. The third kappa shape index (κ3) is 1.82. The fourth-order valence-corrected chi connectivity index (χ4v) is 1.69. The molecule has 0 unspecified atom stereocenters. The van der Waals surface area contributed by atoms with Crippen LogP contribution in [0.5, 0.6) is 0 Å². The number of aryl methyl sites for hydroxylation is 1. The molecule has 16 heavy (non-hydrogen) atoms. The number of H-pyrrole nitrogens is 1. The minimum atomic E-state index is -0.464. The highest BCUT2D eigenvalue weighted by Gasteiger charge is 2.19. The molecule has 0 bridgehead atoms. The first-order valence-electron chi connectivity index (χ1n) is 4.75. The molecule has 1 N–H and O–H groups in total. The van der Waals surface area contributed by atoms with Gasteiger partial charge in [0.2, 0.25) is 0 Å². The molecule has 0 spiro atoms. The number of anilines is 1. The van der Waals surface area contributed by atoms with Gasteiger partial charge in [-0.3, -0.25) is 9.59 Å². The minimum absolute atomic E-state index is 0.0270. The van der Waals surface area contributed by atoms with Crippen molar-refractivity contribution in [2.24, 2.45) is 0 Å². The van der Waals surface area contributed by atoms with Crippen LogP contribution in [-0.4, -0.2) is 24.9 Å². The first-order chi connectivity index (χ1) is 7.40. The van der Waals surface area contributed by atoms with E-state index in [1.165, 1.54) is 6.92 Å². The number of Topliss-reactive ketones (excluding diaryl/α,β-unsaturated/α-hetero) is 1. The molecule has 0 fully saturated rings. The normalized spacial score (nSPS) is 9.69. The number of hydrogen-bond acceptors (Lipinski definition) is 4. The standard InChI is InChI=1S/C11H13N3O2/c1-6-9(7(2)15)10(14(3)4)8(5-12)11(16)13-6/h1-4H3,(H,13,16). The lowest BCUT2D eigenvalue weighted by Crippen LogP contribution is -2.24. The molecule has 0 amide bonds. The minimum Gasteiger partial charge on any atom is -0.376 e. The molecule has 0 atom stereocenters. The van der Waals surface area contributed by atoms with Gasteiger partial charge in [-0.1, -0.05) is 0 Å². The predicted octanol–water partition coefficient (Wildman–Crippen LogP) is 0.824. The second-order valence-electron chi connectivity index (χ2n) is 3.74. The predicted molar refractivity (Wildman–Crippen MR) is 60.8 cm³/mol. The van der Waals surface area contributed by atoms with E-state index in [1.807, 2.05) is 6.07 Å². The van der Waals surface area contributed by atoms with E-state index in [4.69, 9.17) is 5.26 Å². The van der Waals surface area contributed by atoms with Crippen molar-refractivity contribution in [3.05, 3.63) is 27.2 Å². The Morgan fingerprint density at radius 1 is 1.44 bits per heavy atom. The summed E-state index contributed by atoms with van der Waals surface area (Å²) in [7, 11) is 3.39. The van der Waals surface area contributed by atoms with Gasteiger partial charge in [0.05, 0.1) is 11.3 Å². The molecule has 1 aromatic rings. The van der Waals surface area contributed by atoms with Crippen LogP contribution in [-0.2, 0) is 0 Å². The zero-order valence-electron chi connectivity index (χ0n) is 9.71. The second-order valence-corrected chi connectivity index (χ2v) is 3.74. The highest BCUT2D eigenvalue weighted by atomic mass is 16.1. The fourth-order valence-electron chi connectivity index (χ4n) is 1.69. The van der Waals surface area contributed by atoms with Gasteiger partial charge in [0.1, 0.15) is 11.6 Å². The molecular weight excluding hydrogens is 206 g/mol. The molecule has 0 aliphatic heterocycles. The maximum absolute atomic E-state index is 11.6. The molecular formula is C11H13N3O2. The number of nitrogens with zero attached hydrogens (tertiary/aromatic N) is 2. The lowest BCUT2D eigenvalue weighted by atomic mass is 10.0. The second kappa shape index (κ2) is 4.19. The van der Waals surface area contributed by atoms with E-state index in [1.54, 1.807) is 25.9 Å². The molecule has 0 radical (unpaired) electrons. The van der Waals surface area contributed by atoms with Crippen LogP contribution < -0.4 is 10.5 Å². The van der Waals surface area contributed by atoms with Gasteiger partial charge in [0.25, 0.3) is 5.56 Å². The summed E-state index contributed by atoms with van der Waals surface area (Å²) in [5.74, 6) is -0.172. The van der Waals surface area contributed by atoms with E-state index in [2.05, 4.69) is 4.98 Å². The molecule has 5 nitrogen and oxygen atoms in total. The van der Waals surface area contributed by atoms with E-state index in [0.717, 1.165) is 0 Å². The number of carbonyl (C=O) groups excluding carboxylic acids is 1. The first-order valence-corrected chi connectivity index (χ1v) is 4.75. The summed E-state index contributed by atoms with van der Waals surface area (Å²) in [6, 6.07) is 1.83. The summed E-state index contributed by atoms with van der Waals surface area (Å²) in [6.45, 7) is 3.06. The summed E-state index contributed by atoms with van der Waals surface area (Å²) in [5.41, 5.74) is 0.770. The Morgan fingerprint density at radius 3 is 2.38 bits per heavy atom. The van der Waals surface area contributed by atoms with Crippen molar-refractivity contribution in [3.8, 4) is 6.07 Å². The Kier molecular flexibility index (Phi) is 3.14. The monoisotopic (exact) mass is 219 g/mol. The number of nitrogens with one attached hydrogen (secondary N) is 1. The van der Waals surface area contributed by atoms with Crippen LogP contribution in [0, 0.1) is 18.3 Å². The van der Waals surface area contributed by atoms with Crippen LogP contribution >= 0.6 is 0 Å². The van der Waals surface area contributed by atoms with E-state index in [-0.39, 0.29) is 11.3 Å². The highest BCUT2D eigenvalue weighted by Crippen LogP contribution is 2.23.